The second-order valence-electron chi connectivity index (χ2n) is 5.57. The third-order valence-electron chi connectivity index (χ3n) is 4.07. The van der Waals surface area contributed by atoms with Gasteiger partial charge >= 0.3 is 0 Å². The molecule has 2 heterocycles. The van der Waals surface area contributed by atoms with Crippen LogP contribution in [0.2, 0.25) is 0 Å². The summed E-state index contributed by atoms with van der Waals surface area (Å²) in [5.74, 6) is 0.724. The molecule has 4 nitrogen and oxygen atoms in total. The lowest BCUT2D eigenvalue weighted by Crippen LogP contribution is -2.22. The molecule has 1 aliphatic heterocycles. The number of nitrogen functional groups attached to an aromatic ring is 1. The van der Waals surface area contributed by atoms with Crippen LogP contribution in [0.4, 0.5) is 11.4 Å². The summed E-state index contributed by atoms with van der Waals surface area (Å²) in [6.07, 6.45) is 1.28. The van der Waals surface area contributed by atoms with Crippen molar-refractivity contribution in [3.8, 4) is 0 Å². The van der Waals surface area contributed by atoms with E-state index >= 15 is 0 Å². The lowest BCUT2D eigenvalue weighted by Gasteiger charge is -2.15. The molecule has 0 aliphatic carbocycles. The third-order valence-corrected chi connectivity index (χ3v) is 5.00. The Labute approximate surface area is 124 Å². The van der Waals surface area contributed by atoms with Crippen molar-refractivity contribution in [1.82, 2.24) is 9.88 Å². The van der Waals surface area contributed by atoms with Crippen molar-refractivity contribution in [2.24, 2.45) is 5.92 Å². The molecule has 2 aromatic rings. The number of aromatic nitrogens is 1. The van der Waals surface area contributed by atoms with Gasteiger partial charge in [-0.05, 0) is 44.5 Å². The summed E-state index contributed by atoms with van der Waals surface area (Å²) in [7, 11) is 0. The first-order valence-electron chi connectivity index (χ1n) is 7.28. The number of nitrogens with zero attached hydrogens (tertiary/aromatic N) is 2. The monoisotopic (exact) mass is 290 g/mol. The van der Waals surface area contributed by atoms with E-state index in [2.05, 4.69) is 28.2 Å². The summed E-state index contributed by atoms with van der Waals surface area (Å²) in [5, 5.41) is 4.60. The number of fused-ring (bicyclic) bond motifs is 1. The predicted molar refractivity (Wildman–Crippen MR) is 87.5 cm³/mol. The van der Waals surface area contributed by atoms with E-state index in [-0.39, 0.29) is 0 Å². The van der Waals surface area contributed by atoms with E-state index in [0.29, 0.717) is 0 Å². The number of aryl methyl sites for hydroxylation is 1. The highest BCUT2D eigenvalue weighted by atomic mass is 32.1. The molecule has 0 bridgehead atoms. The van der Waals surface area contributed by atoms with Crippen molar-refractivity contribution < 1.29 is 0 Å². The third kappa shape index (κ3) is 2.74. The quantitative estimate of drug-likeness (QED) is 0.850. The van der Waals surface area contributed by atoms with E-state index in [1.54, 1.807) is 11.3 Å². The average molecular weight is 290 g/mol. The molecule has 1 aromatic heterocycles. The standard InChI is InChI=1S/C15H22N4S/c1-3-19-5-4-11(9-19)8-17-13-7-14-15(6-12(13)16)20-10(2)18-14/h6-7,11,17H,3-5,8-9,16H2,1-2H3. The van der Waals surface area contributed by atoms with E-state index in [4.69, 9.17) is 5.73 Å². The maximum absolute atomic E-state index is 6.14. The maximum atomic E-state index is 6.14. The van der Waals surface area contributed by atoms with Crippen LogP contribution in [0, 0.1) is 12.8 Å². The minimum Gasteiger partial charge on any atom is -0.397 e. The predicted octanol–water partition coefficient (Wildman–Crippen LogP) is 2.94. The summed E-state index contributed by atoms with van der Waals surface area (Å²) in [6.45, 7) is 8.83. The van der Waals surface area contributed by atoms with Crippen LogP contribution in [-0.2, 0) is 0 Å². The van der Waals surface area contributed by atoms with Gasteiger partial charge < -0.3 is 16.0 Å². The van der Waals surface area contributed by atoms with Crippen molar-refractivity contribution in [1.29, 1.82) is 0 Å². The molecular formula is C15H22N4S. The zero-order valence-corrected chi connectivity index (χ0v) is 13.0. The zero-order chi connectivity index (χ0) is 14.1. The fourth-order valence-electron chi connectivity index (χ4n) is 2.88. The number of hydrogen-bond donors (Lipinski definition) is 2. The SMILES string of the molecule is CCN1CCC(CNc2cc3nc(C)sc3cc2N)C1. The second kappa shape index (κ2) is 5.58. The highest BCUT2D eigenvalue weighted by Crippen LogP contribution is 2.30. The number of hydrogen-bond acceptors (Lipinski definition) is 5. The van der Waals surface area contributed by atoms with Crippen LogP contribution in [0.25, 0.3) is 10.2 Å². The van der Waals surface area contributed by atoms with Gasteiger partial charge in [-0.3, -0.25) is 0 Å². The number of thiazole rings is 1. The van der Waals surface area contributed by atoms with Crippen LogP contribution in [-0.4, -0.2) is 36.1 Å². The van der Waals surface area contributed by atoms with Crippen LogP contribution in [0.5, 0.6) is 0 Å². The van der Waals surface area contributed by atoms with Crippen molar-refractivity contribution in [2.45, 2.75) is 20.3 Å². The van der Waals surface area contributed by atoms with Crippen LogP contribution in [0.1, 0.15) is 18.4 Å². The van der Waals surface area contributed by atoms with Crippen LogP contribution in [0.15, 0.2) is 12.1 Å². The molecule has 3 N–H and O–H groups in total. The molecule has 0 radical (unpaired) electrons. The van der Waals surface area contributed by atoms with E-state index in [9.17, 15) is 0 Å². The molecule has 3 rings (SSSR count). The van der Waals surface area contributed by atoms with Crippen LogP contribution >= 0.6 is 11.3 Å². The van der Waals surface area contributed by atoms with Gasteiger partial charge in [0.15, 0.2) is 0 Å². The first-order chi connectivity index (χ1) is 9.65. The molecule has 108 valence electrons. The van der Waals surface area contributed by atoms with Crippen LogP contribution < -0.4 is 11.1 Å². The van der Waals surface area contributed by atoms with Crippen molar-refractivity contribution in [2.75, 3.05) is 37.2 Å². The topological polar surface area (TPSA) is 54.2 Å². The van der Waals surface area contributed by atoms with Gasteiger partial charge in [0.1, 0.15) is 0 Å². The van der Waals surface area contributed by atoms with Gasteiger partial charge in [0.05, 0.1) is 26.6 Å². The Morgan fingerprint density at radius 1 is 1.50 bits per heavy atom. The van der Waals surface area contributed by atoms with E-state index in [0.717, 1.165) is 40.9 Å². The lowest BCUT2D eigenvalue weighted by molar-refractivity contribution is 0.345. The molecule has 1 atom stereocenters. The second-order valence-corrected chi connectivity index (χ2v) is 6.80. The van der Waals surface area contributed by atoms with Gasteiger partial charge in [-0.25, -0.2) is 4.98 Å². The van der Waals surface area contributed by atoms with Crippen molar-refractivity contribution >= 4 is 32.9 Å². The summed E-state index contributed by atoms with van der Waals surface area (Å²) < 4.78 is 1.17. The Bertz CT molecular complexity index is 607. The van der Waals surface area contributed by atoms with E-state index in [1.165, 1.54) is 24.2 Å². The summed E-state index contributed by atoms with van der Waals surface area (Å²) in [6, 6.07) is 4.12. The highest BCUT2D eigenvalue weighted by molar-refractivity contribution is 7.18. The average Bonchev–Trinajstić information content (AvgIpc) is 3.01. The molecule has 1 aliphatic rings. The van der Waals surface area contributed by atoms with Crippen molar-refractivity contribution in [3.05, 3.63) is 17.1 Å². The molecule has 0 spiro atoms. The van der Waals surface area contributed by atoms with Gasteiger partial charge in [-0.1, -0.05) is 6.92 Å². The number of likely N-dealkylation sites (tertiary alicyclic amines) is 1. The first kappa shape index (κ1) is 13.6. The van der Waals surface area contributed by atoms with Crippen molar-refractivity contribution in [3.63, 3.8) is 0 Å². The fourth-order valence-corrected chi connectivity index (χ4v) is 3.74. The van der Waals surface area contributed by atoms with Gasteiger partial charge in [0.2, 0.25) is 0 Å². The molecule has 20 heavy (non-hydrogen) atoms. The van der Waals surface area contributed by atoms with Gasteiger partial charge in [-0.15, -0.1) is 11.3 Å². The molecule has 0 amide bonds. The first-order valence-corrected chi connectivity index (χ1v) is 8.10. The molecule has 1 aromatic carbocycles. The fraction of sp³-hybridized carbons (Fsp3) is 0.533. The lowest BCUT2D eigenvalue weighted by atomic mass is 10.1. The molecular weight excluding hydrogens is 268 g/mol. The summed E-state index contributed by atoms with van der Waals surface area (Å²) in [4.78, 5) is 7.04. The molecule has 0 saturated carbocycles. The Kier molecular flexibility index (Phi) is 3.81. The highest BCUT2D eigenvalue weighted by Gasteiger charge is 2.20. The molecule has 5 heteroatoms. The minimum atomic E-state index is 0.724. The smallest absolute Gasteiger partial charge is 0.0907 e. The van der Waals surface area contributed by atoms with E-state index in [1.807, 2.05) is 13.0 Å². The van der Waals surface area contributed by atoms with E-state index < -0.39 is 0 Å². The zero-order valence-electron chi connectivity index (χ0n) is 12.1. The number of nitrogens with one attached hydrogen (secondary N) is 1. The van der Waals surface area contributed by atoms with Gasteiger partial charge in [-0.2, -0.15) is 0 Å². The summed E-state index contributed by atoms with van der Waals surface area (Å²) in [5.41, 5.74) is 9.04. The van der Waals surface area contributed by atoms with Gasteiger partial charge in [0.25, 0.3) is 0 Å². The minimum absolute atomic E-state index is 0.724. The summed E-state index contributed by atoms with van der Waals surface area (Å²) >= 11 is 1.70. The molecule has 1 fully saturated rings. The number of anilines is 2. The normalized spacial score (nSPS) is 19.8. The molecule has 1 unspecified atom stereocenters. The number of rotatable bonds is 4. The maximum Gasteiger partial charge on any atom is 0.0907 e. The Balaban J connectivity index is 1.69. The Morgan fingerprint density at radius 3 is 3.10 bits per heavy atom. The largest absolute Gasteiger partial charge is 0.397 e. The number of benzene rings is 1. The Hall–Kier alpha value is -1.33. The Morgan fingerprint density at radius 2 is 2.35 bits per heavy atom. The van der Waals surface area contributed by atoms with Crippen LogP contribution in [0.3, 0.4) is 0 Å². The molecule has 1 saturated heterocycles. The van der Waals surface area contributed by atoms with Gasteiger partial charge in [0, 0.05) is 13.1 Å². The number of nitrogens with two attached hydrogens (primary N) is 1.